The van der Waals surface area contributed by atoms with Gasteiger partial charge in [-0.2, -0.15) is 0 Å². The molecule has 0 bridgehead atoms. The molecule has 0 heterocycles. The summed E-state index contributed by atoms with van der Waals surface area (Å²) in [7, 11) is 0. The molecular weight excluding hydrogens is 376 g/mol. The lowest BCUT2D eigenvalue weighted by atomic mass is 9.43. The SMILES string of the molecule is CC(C)=CCCC(C)C1C(=O)CC2(C)C3=C(CCC12C)C1(C)CCCC(C)(C)C1CC3. The van der Waals surface area contributed by atoms with E-state index in [-0.39, 0.29) is 16.7 Å². The summed E-state index contributed by atoms with van der Waals surface area (Å²) in [6.45, 7) is 19.4. The molecule has 0 aromatic heterocycles. The van der Waals surface area contributed by atoms with Gasteiger partial charge in [0.15, 0.2) is 0 Å². The lowest BCUT2D eigenvalue weighted by Crippen LogP contribution is -2.51. The minimum absolute atomic E-state index is 0.0860. The number of ketones is 1. The van der Waals surface area contributed by atoms with Gasteiger partial charge < -0.3 is 0 Å². The van der Waals surface area contributed by atoms with Crippen molar-refractivity contribution in [3.63, 3.8) is 0 Å². The first kappa shape index (κ1) is 23.3. The van der Waals surface area contributed by atoms with E-state index in [1.165, 1.54) is 50.5 Å². The van der Waals surface area contributed by atoms with E-state index in [0.717, 1.165) is 25.2 Å². The van der Waals surface area contributed by atoms with Crippen LogP contribution in [0.4, 0.5) is 0 Å². The van der Waals surface area contributed by atoms with E-state index in [4.69, 9.17) is 0 Å². The molecule has 0 saturated heterocycles. The predicted octanol–water partition coefficient (Wildman–Crippen LogP) is 8.69. The van der Waals surface area contributed by atoms with E-state index >= 15 is 0 Å². The molecule has 6 atom stereocenters. The minimum Gasteiger partial charge on any atom is -0.299 e. The van der Waals surface area contributed by atoms with E-state index in [0.29, 0.717) is 22.5 Å². The van der Waals surface area contributed by atoms with Crippen LogP contribution in [0.25, 0.3) is 0 Å². The fourth-order valence-corrected chi connectivity index (χ4v) is 9.40. The van der Waals surface area contributed by atoms with Crippen LogP contribution in [0.1, 0.15) is 120 Å². The van der Waals surface area contributed by atoms with Crippen LogP contribution >= 0.6 is 0 Å². The third kappa shape index (κ3) is 3.34. The number of carbonyl (C=O) groups is 1. The van der Waals surface area contributed by atoms with Crippen molar-refractivity contribution in [3.05, 3.63) is 22.8 Å². The zero-order chi connectivity index (χ0) is 22.8. The topological polar surface area (TPSA) is 17.1 Å². The van der Waals surface area contributed by atoms with Crippen molar-refractivity contribution in [3.8, 4) is 0 Å². The Morgan fingerprint density at radius 2 is 1.74 bits per heavy atom. The maximum atomic E-state index is 13.6. The molecule has 4 rings (SSSR count). The Morgan fingerprint density at radius 3 is 2.42 bits per heavy atom. The highest BCUT2D eigenvalue weighted by Crippen LogP contribution is 2.71. The van der Waals surface area contributed by atoms with E-state index in [9.17, 15) is 4.79 Å². The third-order valence-corrected chi connectivity index (χ3v) is 11.1. The number of fused-ring (bicyclic) bond motifs is 4. The molecule has 0 N–H and O–H groups in total. The van der Waals surface area contributed by atoms with E-state index < -0.39 is 0 Å². The van der Waals surface area contributed by atoms with Crippen LogP contribution in [-0.4, -0.2) is 5.78 Å². The van der Waals surface area contributed by atoms with Gasteiger partial charge in [0.2, 0.25) is 0 Å². The van der Waals surface area contributed by atoms with Crippen molar-refractivity contribution in [1.29, 1.82) is 0 Å². The second-order valence-electron chi connectivity index (χ2n) is 13.5. The molecule has 0 radical (unpaired) electrons. The normalized spacial score (nSPS) is 42.5. The fraction of sp³-hybridized carbons (Fsp3) is 0.833. The molecule has 0 aliphatic heterocycles. The number of carbonyl (C=O) groups excluding carboxylic acids is 1. The van der Waals surface area contributed by atoms with Crippen molar-refractivity contribution in [2.75, 3.05) is 0 Å². The van der Waals surface area contributed by atoms with Crippen molar-refractivity contribution in [2.45, 2.75) is 120 Å². The van der Waals surface area contributed by atoms with Crippen LogP contribution in [-0.2, 0) is 4.79 Å². The van der Waals surface area contributed by atoms with Gasteiger partial charge in [0.25, 0.3) is 0 Å². The average molecular weight is 425 g/mol. The second kappa shape index (κ2) is 7.59. The molecule has 174 valence electrons. The fourth-order valence-electron chi connectivity index (χ4n) is 9.40. The molecule has 0 aromatic carbocycles. The highest BCUT2D eigenvalue weighted by molar-refractivity contribution is 5.87. The number of allylic oxidation sites excluding steroid dienone is 4. The number of Topliss-reactive ketones (excluding diaryl/α,β-unsaturated/α-hetero) is 1. The van der Waals surface area contributed by atoms with E-state index in [2.05, 4.69) is 61.5 Å². The molecule has 1 heteroatoms. The molecule has 4 aliphatic rings. The highest BCUT2D eigenvalue weighted by Gasteiger charge is 2.65. The lowest BCUT2D eigenvalue weighted by Gasteiger charge is -2.61. The average Bonchev–Trinajstić information content (AvgIpc) is 2.86. The first-order chi connectivity index (χ1) is 14.4. The molecule has 2 fully saturated rings. The molecule has 4 aliphatic carbocycles. The van der Waals surface area contributed by atoms with Crippen LogP contribution in [0.5, 0.6) is 0 Å². The number of hydrogen-bond donors (Lipinski definition) is 0. The van der Waals surface area contributed by atoms with Gasteiger partial charge in [-0.25, -0.2) is 0 Å². The van der Waals surface area contributed by atoms with Crippen LogP contribution in [0, 0.1) is 39.4 Å². The Bertz CT molecular complexity index is 808. The molecule has 6 unspecified atom stereocenters. The van der Waals surface area contributed by atoms with E-state index in [1.807, 2.05) is 5.57 Å². The third-order valence-electron chi connectivity index (χ3n) is 11.1. The summed E-state index contributed by atoms with van der Waals surface area (Å²) in [5.41, 5.74) is 6.00. The second-order valence-corrected chi connectivity index (χ2v) is 13.5. The zero-order valence-electron chi connectivity index (χ0n) is 21.8. The number of hydrogen-bond acceptors (Lipinski definition) is 1. The monoisotopic (exact) mass is 424 g/mol. The Balaban J connectivity index is 1.69. The van der Waals surface area contributed by atoms with Gasteiger partial charge in [-0.1, -0.05) is 70.8 Å². The summed E-state index contributed by atoms with van der Waals surface area (Å²) in [6, 6.07) is 0. The molecule has 2 saturated carbocycles. The van der Waals surface area contributed by atoms with Gasteiger partial charge in [-0.15, -0.1) is 0 Å². The molecule has 0 amide bonds. The van der Waals surface area contributed by atoms with Crippen molar-refractivity contribution >= 4 is 5.78 Å². The maximum Gasteiger partial charge on any atom is 0.137 e. The smallest absolute Gasteiger partial charge is 0.137 e. The molecular formula is C30H48O. The first-order valence-corrected chi connectivity index (χ1v) is 13.3. The van der Waals surface area contributed by atoms with Crippen LogP contribution in [0.15, 0.2) is 22.8 Å². The lowest BCUT2D eigenvalue weighted by molar-refractivity contribution is -0.124. The molecule has 1 nitrogen and oxygen atoms in total. The largest absolute Gasteiger partial charge is 0.299 e. The first-order valence-electron chi connectivity index (χ1n) is 13.3. The van der Waals surface area contributed by atoms with Crippen LogP contribution in [0.2, 0.25) is 0 Å². The van der Waals surface area contributed by atoms with Crippen LogP contribution < -0.4 is 0 Å². The van der Waals surface area contributed by atoms with E-state index in [1.54, 1.807) is 5.57 Å². The Kier molecular flexibility index (Phi) is 5.71. The van der Waals surface area contributed by atoms with Crippen molar-refractivity contribution in [2.24, 2.45) is 39.4 Å². The highest BCUT2D eigenvalue weighted by atomic mass is 16.1. The van der Waals surface area contributed by atoms with Gasteiger partial charge in [-0.3, -0.25) is 4.79 Å². The summed E-state index contributed by atoms with van der Waals surface area (Å²) < 4.78 is 0. The summed E-state index contributed by atoms with van der Waals surface area (Å²) in [6.07, 6.45) is 14.6. The van der Waals surface area contributed by atoms with Crippen LogP contribution in [0.3, 0.4) is 0 Å². The summed E-state index contributed by atoms with van der Waals surface area (Å²) in [4.78, 5) is 13.6. The van der Waals surface area contributed by atoms with Crippen molar-refractivity contribution in [1.82, 2.24) is 0 Å². The summed E-state index contributed by atoms with van der Waals surface area (Å²) in [5, 5.41) is 0. The Morgan fingerprint density at radius 1 is 1.03 bits per heavy atom. The van der Waals surface area contributed by atoms with Gasteiger partial charge >= 0.3 is 0 Å². The van der Waals surface area contributed by atoms with Gasteiger partial charge in [0.1, 0.15) is 5.78 Å². The van der Waals surface area contributed by atoms with Gasteiger partial charge in [0.05, 0.1) is 0 Å². The van der Waals surface area contributed by atoms with Gasteiger partial charge in [0, 0.05) is 17.8 Å². The Labute approximate surface area is 192 Å². The maximum absolute atomic E-state index is 13.6. The zero-order valence-corrected chi connectivity index (χ0v) is 21.8. The van der Waals surface area contributed by atoms with Gasteiger partial charge in [-0.05, 0) is 93.3 Å². The molecule has 0 spiro atoms. The summed E-state index contributed by atoms with van der Waals surface area (Å²) >= 11 is 0. The summed E-state index contributed by atoms with van der Waals surface area (Å²) in [5.74, 6) is 2.11. The Hall–Kier alpha value is -0.850. The standard InChI is InChI=1S/C30H48O/c1-20(2)11-9-12-21(3)26-24(31)19-30(8)23-13-14-25-27(4,5)16-10-17-28(25,6)22(23)15-18-29(26,30)7/h11,21,25-26H,9-10,12-19H2,1-8H3. The number of rotatable bonds is 4. The molecule has 0 aromatic rings. The molecule has 31 heavy (non-hydrogen) atoms. The quantitative estimate of drug-likeness (QED) is 0.412. The predicted molar refractivity (Wildman–Crippen MR) is 132 cm³/mol. The van der Waals surface area contributed by atoms with Crippen molar-refractivity contribution < 1.29 is 4.79 Å². The minimum atomic E-state index is 0.0860.